The van der Waals surface area contributed by atoms with Crippen molar-refractivity contribution in [3.63, 3.8) is 0 Å². The van der Waals surface area contributed by atoms with Gasteiger partial charge in [-0.3, -0.25) is 0 Å². The van der Waals surface area contributed by atoms with E-state index in [4.69, 9.17) is 0 Å². The minimum absolute atomic E-state index is 0.0952. The molecule has 1 N–H and O–H groups in total. The minimum Gasteiger partial charge on any atom is -0.395 e. The number of nitrogens with zero attached hydrogens (tertiary/aromatic N) is 2. The minimum atomic E-state index is -3.42. The molecule has 0 aromatic carbocycles. The molecule has 1 fully saturated rings. The summed E-state index contributed by atoms with van der Waals surface area (Å²) >= 11 is 0. The first-order valence-electron chi connectivity index (χ1n) is 6.79. The number of hydrogen-bond acceptors (Lipinski definition) is 3. The summed E-state index contributed by atoms with van der Waals surface area (Å²) in [6.07, 6.45) is 3.69. The van der Waals surface area contributed by atoms with Gasteiger partial charge < -0.3 is 5.11 Å². The van der Waals surface area contributed by atoms with Crippen LogP contribution in [0.25, 0.3) is 0 Å². The Balaban J connectivity index is 2.81. The molecule has 2 unspecified atom stereocenters. The van der Waals surface area contributed by atoms with Gasteiger partial charge in [0, 0.05) is 20.1 Å². The molecule has 0 amide bonds. The number of aliphatic hydroxyl groups is 1. The largest absolute Gasteiger partial charge is 0.395 e. The quantitative estimate of drug-likeness (QED) is 0.790. The van der Waals surface area contributed by atoms with Crippen LogP contribution in [-0.4, -0.2) is 54.9 Å². The van der Waals surface area contributed by atoms with E-state index in [0.717, 1.165) is 25.7 Å². The van der Waals surface area contributed by atoms with Gasteiger partial charge in [-0.1, -0.05) is 20.3 Å². The zero-order valence-corrected chi connectivity index (χ0v) is 12.5. The van der Waals surface area contributed by atoms with Gasteiger partial charge in [-0.15, -0.1) is 0 Å². The lowest BCUT2D eigenvalue weighted by atomic mass is 9.93. The third-order valence-corrected chi connectivity index (χ3v) is 5.78. The van der Waals surface area contributed by atoms with E-state index in [1.54, 1.807) is 7.05 Å². The molecule has 108 valence electrons. The van der Waals surface area contributed by atoms with Crippen molar-refractivity contribution in [3.8, 4) is 0 Å². The van der Waals surface area contributed by atoms with Crippen molar-refractivity contribution in [1.29, 1.82) is 0 Å². The zero-order valence-electron chi connectivity index (χ0n) is 11.7. The molecule has 0 bridgehead atoms. The lowest BCUT2D eigenvalue weighted by Crippen LogP contribution is -2.53. The summed E-state index contributed by atoms with van der Waals surface area (Å²) in [5.41, 5.74) is 0. The molecule has 6 heteroatoms. The van der Waals surface area contributed by atoms with Crippen molar-refractivity contribution in [3.05, 3.63) is 0 Å². The van der Waals surface area contributed by atoms with Gasteiger partial charge in [-0.05, 0) is 25.2 Å². The number of rotatable bonds is 6. The first-order chi connectivity index (χ1) is 8.45. The van der Waals surface area contributed by atoms with Crippen LogP contribution >= 0.6 is 0 Å². The Morgan fingerprint density at radius 3 is 2.67 bits per heavy atom. The average molecular weight is 278 g/mol. The van der Waals surface area contributed by atoms with E-state index >= 15 is 0 Å². The van der Waals surface area contributed by atoms with Gasteiger partial charge in [-0.25, -0.2) is 0 Å². The van der Waals surface area contributed by atoms with Crippen LogP contribution in [0.5, 0.6) is 0 Å². The highest BCUT2D eigenvalue weighted by Crippen LogP contribution is 2.26. The molecular weight excluding hydrogens is 252 g/mol. The Hall–Kier alpha value is -0.170. The maximum atomic E-state index is 12.4. The highest BCUT2D eigenvalue weighted by Gasteiger charge is 2.37. The summed E-state index contributed by atoms with van der Waals surface area (Å²) in [6, 6.07) is -0.271. The zero-order chi connectivity index (χ0) is 13.8. The average Bonchev–Trinajstić information content (AvgIpc) is 2.35. The predicted molar refractivity (Wildman–Crippen MR) is 72.4 cm³/mol. The van der Waals surface area contributed by atoms with Crippen molar-refractivity contribution in [2.75, 3.05) is 26.7 Å². The van der Waals surface area contributed by atoms with Crippen LogP contribution in [0, 0.1) is 5.92 Å². The molecule has 0 aromatic heterocycles. The number of piperidine rings is 1. The predicted octanol–water partition coefficient (Wildman–Crippen LogP) is 1.06. The van der Waals surface area contributed by atoms with Gasteiger partial charge in [0.05, 0.1) is 12.6 Å². The monoisotopic (exact) mass is 278 g/mol. The fraction of sp³-hybridized carbons (Fsp3) is 1.00. The Kier molecular flexibility index (Phi) is 6.04. The van der Waals surface area contributed by atoms with Gasteiger partial charge in [0.2, 0.25) is 0 Å². The molecule has 1 aliphatic rings. The number of aliphatic hydroxyl groups excluding tert-OH is 1. The summed E-state index contributed by atoms with van der Waals surface area (Å²) in [7, 11) is -1.80. The van der Waals surface area contributed by atoms with E-state index < -0.39 is 10.2 Å². The van der Waals surface area contributed by atoms with Crippen LogP contribution < -0.4 is 0 Å². The van der Waals surface area contributed by atoms with Crippen molar-refractivity contribution in [2.24, 2.45) is 5.92 Å². The Bertz CT molecular complexity index is 345. The number of unbranched alkanes of at least 4 members (excludes halogenated alkanes) is 1. The second-order valence-electron chi connectivity index (χ2n) is 5.16. The maximum Gasteiger partial charge on any atom is 0.282 e. The number of hydrogen-bond donors (Lipinski definition) is 1. The van der Waals surface area contributed by atoms with E-state index in [2.05, 4.69) is 0 Å². The molecule has 18 heavy (non-hydrogen) atoms. The van der Waals surface area contributed by atoms with Crippen molar-refractivity contribution >= 4 is 10.2 Å². The molecule has 0 aromatic rings. The molecule has 1 saturated heterocycles. The third-order valence-electron chi connectivity index (χ3n) is 3.77. The topological polar surface area (TPSA) is 60.9 Å². The molecule has 5 nitrogen and oxygen atoms in total. The highest BCUT2D eigenvalue weighted by molar-refractivity contribution is 7.86. The lowest BCUT2D eigenvalue weighted by Gasteiger charge is -2.39. The Morgan fingerprint density at radius 2 is 2.11 bits per heavy atom. The standard InChI is InChI=1S/C12H26N2O3S/c1-4-5-8-13(3)18(16,17)14-9-6-7-11(2)12(14)10-15/h11-12,15H,4-10H2,1-3H3. The van der Waals surface area contributed by atoms with Crippen molar-refractivity contribution in [2.45, 2.75) is 45.6 Å². The molecule has 0 saturated carbocycles. The van der Waals surface area contributed by atoms with E-state index in [1.807, 2.05) is 13.8 Å². The van der Waals surface area contributed by atoms with Crippen LogP contribution in [0.15, 0.2) is 0 Å². The molecule has 0 spiro atoms. The van der Waals surface area contributed by atoms with Crippen LogP contribution in [0.2, 0.25) is 0 Å². The van der Waals surface area contributed by atoms with E-state index in [1.165, 1.54) is 8.61 Å². The van der Waals surface area contributed by atoms with Crippen molar-refractivity contribution in [1.82, 2.24) is 8.61 Å². The van der Waals surface area contributed by atoms with Crippen molar-refractivity contribution < 1.29 is 13.5 Å². The molecule has 1 aliphatic heterocycles. The summed E-state index contributed by atoms with van der Waals surface area (Å²) in [4.78, 5) is 0. The van der Waals surface area contributed by atoms with E-state index in [0.29, 0.717) is 13.1 Å². The van der Waals surface area contributed by atoms with Crippen LogP contribution in [0.4, 0.5) is 0 Å². The van der Waals surface area contributed by atoms with Gasteiger partial charge in [0.25, 0.3) is 10.2 Å². The Morgan fingerprint density at radius 1 is 1.44 bits per heavy atom. The molecule has 0 aliphatic carbocycles. The molecule has 1 rings (SSSR count). The molecule has 0 radical (unpaired) electrons. The first-order valence-corrected chi connectivity index (χ1v) is 8.18. The molecular formula is C12H26N2O3S. The van der Waals surface area contributed by atoms with E-state index in [-0.39, 0.29) is 18.6 Å². The third kappa shape index (κ3) is 3.44. The van der Waals surface area contributed by atoms with Gasteiger partial charge in [0.1, 0.15) is 0 Å². The summed E-state index contributed by atoms with van der Waals surface area (Å²) < 4.78 is 27.8. The SMILES string of the molecule is CCCCN(C)S(=O)(=O)N1CCCC(C)C1CO. The Labute approximate surface area is 111 Å². The normalized spacial score (nSPS) is 26.7. The summed E-state index contributed by atoms with van der Waals surface area (Å²) in [6.45, 7) is 5.02. The maximum absolute atomic E-state index is 12.4. The first kappa shape index (κ1) is 15.9. The van der Waals surface area contributed by atoms with Gasteiger partial charge in [0.15, 0.2) is 0 Å². The van der Waals surface area contributed by atoms with Gasteiger partial charge in [-0.2, -0.15) is 17.0 Å². The smallest absolute Gasteiger partial charge is 0.282 e. The van der Waals surface area contributed by atoms with Crippen LogP contribution in [0.1, 0.15) is 39.5 Å². The van der Waals surface area contributed by atoms with Crippen LogP contribution in [0.3, 0.4) is 0 Å². The summed E-state index contributed by atoms with van der Waals surface area (Å²) in [5, 5.41) is 9.43. The van der Waals surface area contributed by atoms with Crippen LogP contribution in [-0.2, 0) is 10.2 Å². The molecule has 2 atom stereocenters. The highest BCUT2D eigenvalue weighted by atomic mass is 32.2. The van der Waals surface area contributed by atoms with E-state index in [9.17, 15) is 13.5 Å². The second kappa shape index (κ2) is 6.84. The fourth-order valence-electron chi connectivity index (χ4n) is 2.44. The second-order valence-corrected chi connectivity index (χ2v) is 7.15. The van der Waals surface area contributed by atoms with Gasteiger partial charge >= 0.3 is 0 Å². The fourth-order valence-corrected chi connectivity index (χ4v) is 4.14. The summed E-state index contributed by atoms with van der Waals surface area (Å²) in [5.74, 6) is 0.220. The molecule has 1 heterocycles. The lowest BCUT2D eigenvalue weighted by molar-refractivity contribution is 0.108.